The molecular weight excluding hydrogens is 160 g/mol. The zero-order chi connectivity index (χ0) is 9.10. The van der Waals surface area contributed by atoms with E-state index in [0.717, 1.165) is 18.5 Å². The van der Waals surface area contributed by atoms with E-state index >= 15 is 0 Å². The number of rotatable bonds is 5. The largest absolute Gasteiger partial charge is 0.313 e. The Morgan fingerprint density at radius 3 is 2.92 bits per heavy atom. The summed E-state index contributed by atoms with van der Waals surface area (Å²) in [7, 11) is 0. The van der Waals surface area contributed by atoms with Crippen molar-refractivity contribution < 1.29 is 0 Å². The van der Waals surface area contributed by atoms with Gasteiger partial charge in [-0.3, -0.25) is 0 Å². The van der Waals surface area contributed by atoms with Crippen LogP contribution in [0.3, 0.4) is 0 Å². The maximum Gasteiger partial charge on any atom is 0.0132 e. The smallest absolute Gasteiger partial charge is 0.0132 e. The Bertz CT molecular complexity index is 175. The predicted molar refractivity (Wildman–Crippen MR) is 55.8 cm³/mol. The summed E-state index contributed by atoms with van der Waals surface area (Å²) >= 11 is 0. The number of hydrogen-bond acceptors (Lipinski definition) is 2. The number of nitrogens with one attached hydrogen (secondary N) is 1. The first-order valence-electron chi connectivity index (χ1n) is 5.46. The second-order valence-electron chi connectivity index (χ2n) is 4.33. The molecule has 1 N–H and O–H groups in total. The first kappa shape index (κ1) is 9.22. The van der Waals surface area contributed by atoms with Gasteiger partial charge in [-0.25, -0.2) is 0 Å². The van der Waals surface area contributed by atoms with Gasteiger partial charge in [0, 0.05) is 19.1 Å². The van der Waals surface area contributed by atoms with E-state index in [0.29, 0.717) is 0 Å². The minimum Gasteiger partial charge on any atom is -0.313 e. The molecule has 0 amide bonds. The summed E-state index contributed by atoms with van der Waals surface area (Å²) in [5.74, 6) is 0.889. The van der Waals surface area contributed by atoms with Crippen LogP contribution in [0, 0.1) is 5.92 Å². The van der Waals surface area contributed by atoms with E-state index in [9.17, 15) is 0 Å². The van der Waals surface area contributed by atoms with Crippen LogP contribution in [0.4, 0.5) is 0 Å². The summed E-state index contributed by atoms with van der Waals surface area (Å²) in [6.07, 6.45) is 6.23. The lowest BCUT2D eigenvalue weighted by Crippen LogP contribution is -2.27. The SMILES string of the molecule is C=CCNCC1CCN(C2CC2)C1. The topological polar surface area (TPSA) is 15.3 Å². The fourth-order valence-corrected chi connectivity index (χ4v) is 2.19. The lowest BCUT2D eigenvalue weighted by molar-refractivity contribution is 0.312. The van der Waals surface area contributed by atoms with Crippen LogP contribution in [-0.4, -0.2) is 37.1 Å². The standard InChI is InChI=1S/C11H20N2/c1-2-6-12-8-10-5-7-13(9-10)11-3-4-11/h2,10-12H,1,3-9H2. The molecule has 2 aliphatic rings. The molecular formula is C11H20N2. The highest BCUT2D eigenvalue weighted by molar-refractivity contribution is 4.90. The molecule has 0 aromatic rings. The molecule has 2 nitrogen and oxygen atoms in total. The van der Waals surface area contributed by atoms with E-state index < -0.39 is 0 Å². The summed E-state index contributed by atoms with van der Waals surface area (Å²) in [6, 6.07) is 0.962. The van der Waals surface area contributed by atoms with Crippen LogP contribution in [-0.2, 0) is 0 Å². The normalized spacial score (nSPS) is 29.4. The van der Waals surface area contributed by atoms with Crippen LogP contribution >= 0.6 is 0 Å². The molecule has 1 aliphatic carbocycles. The first-order valence-corrected chi connectivity index (χ1v) is 5.46. The number of nitrogens with zero attached hydrogens (tertiary/aromatic N) is 1. The Balaban J connectivity index is 1.62. The van der Waals surface area contributed by atoms with Gasteiger partial charge in [0.1, 0.15) is 0 Å². The average molecular weight is 180 g/mol. The van der Waals surface area contributed by atoms with Crippen LogP contribution in [0.1, 0.15) is 19.3 Å². The molecule has 1 atom stereocenters. The lowest BCUT2D eigenvalue weighted by Gasteiger charge is -2.14. The van der Waals surface area contributed by atoms with Gasteiger partial charge < -0.3 is 10.2 Å². The van der Waals surface area contributed by atoms with Crippen molar-refractivity contribution >= 4 is 0 Å². The predicted octanol–water partition coefficient (Wildman–Crippen LogP) is 1.25. The van der Waals surface area contributed by atoms with Crippen LogP contribution in [0.2, 0.25) is 0 Å². The second kappa shape index (κ2) is 4.25. The highest BCUT2D eigenvalue weighted by Gasteiger charge is 2.33. The molecule has 2 heteroatoms. The Morgan fingerprint density at radius 1 is 1.38 bits per heavy atom. The molecule has 2 fully saturated rings. The van der Waals surface area contributed by atoms with Gasteiger partial charge >= 0.3 is 0 Å². The van der Waals surface area contributed by atoms with Crippen molar-refractivity contribution in [3.05, 3.63) is 12.7 Å². The molecule has 74 valence electrons. The van der Waals surface area contributed by atoms with Crippen molar-refractivity contribution in [3.8, 4) is 0 Å². The van der Waals surface area contributed by atoms with E-state index in [4.69, 9.17) is 0 Å². The van der Waals surface area contributed by atoms with Crippen LogP contribution in [0.25, 0.3) is 0 Å². The van der Waals surface area contributed by atoms with Crippen LogP contribution < -0.4 is 5.32 Å². The highest BCUT2D eigenvalue weighted by Crippen LogP contribution is 2.31. The Morgan fingerprint density at radius 2 is 2.23 bits per heavy atom. The van der Waals surface area contributed by atoms with Gasteiger partial charge in [0.15, 0.2) is 0 Å². The summed E-state index contributed by atoms with van der Waals surface area (Å²) < 4.78 is 0. The summed E-state index contributed by atoms with van der Waals surface area (Å²) in [6.45, 7) is 8.51. The Kier molecular flexibility index (Phi) is 3.01. The third-order valence-electron chi connectivity index (χ3n) is 3.10. The first-order chi connectivity index (χ1) is 6.40. The number of likely N-dealkylation sites (tertiary alicyclic amines) is 1. The molecule has 0 radical (unpaired) electrons. The third-order valence-corrected chi connectivity index (χ3v) is 3.10. The van der Waals surface area contributed by atoms with Crippen molar-refractivity contribution in [2.24, 2.45) is 5.92 Å². The molecule has 1 heterocycles. The Labute approximate surface area is 81.0 Å². The molecule has 1 saturated carbocycles. The lowest BCUT2D eigenvalue weighted by atomic mass is 10.1. The van der Waals surface area contributed by atoms with Gasteiger partial charge in [0.25, 0.3) is 0 Å². The van der Waals surface area contributed by atoms with Crippen LogP contribution in [0.15, 0.2) is 12.7 Å². The van der Waals surface area contributed by atoms with E-state index in [-0.39, 0.29) is 0 Å². The maximum atomic E-state index is 3.71. The fraction of sp³-hybridized carbons (Fsp3) is 0.818. The van der Waals surface area contributed by atoms with Gasteiger partial charge in [-0.1, -0.05) is 6.08 Å². The van der Waals surface area contributed by atoms with Crippen molar-refractivity contribution in [1.29, 1.82) is 0 Å². The van der Waals surface area contributed by atoms with Crippen molar-refractivity contribution in [3.63, 3.8) is 0 Å². The summed E-state index contributed by atoms with van der Waals surface area (Å²) in [5, 5.41) is 3.41. The minimum atomic E-state index is 0.889. The second-order valence-corrected chi connectivity index (χ2v) is 4.33. The van der Waals surface area contributed by atoms with Gasteiger partial charge in [0.2, 0.25) is 0 Å². The highest BCUT2D eigenvalue weighted by atomic mass is 15.2. The quantitative estimate of drug-likeness (QED) is 0.506. The zero-order valence-corrected chi connectivity index (χ0v) is 8.34. The Hall–Kier alpha value is -0.340. The molecule has 1 saturated heterocycles. The summed E-state index contributed by atoms with van der Waals surface area (Å²) in [5.41, 5.74) is 0. The molecule has 1 unspecified atom stereocenters. The van der Waals surface area contributed by atoms with Gasteiger partial charge in [-0.15, -0.1) is 6.58 Å². The molecule has 1 aliphatic heterocycles. The monoisotopic (exact) mass is 180 g/mol. The van der Waals surface area contributed by atoms with E-state index in [2.05, 4.69) is 16.8 Å². The van der Waals surface area contributed by atoms with Crippen LogP contribution in [0.5, 0.6) is 0 Å². The van der Waals surface area contributed by atoms with Crippen molar-refractivity contribution in [2.45, 2.75) is 25.3 Å². The van der Waals surface area contributed by atoms with Gasteiger partial charge in [0.05, 0.1) is 0 Å². The molecule has 13 heavy (non-hydrogen) atoms. The van der Waals surface area contributed by atoms with E-state index in [1.54, 1.807) is 0 Å². The fourth-order valence-electron chi connectivity index (χ4n) is 2.19. The summed E-state index contributed by atoms with van der Waals surface area (Å²) in [4.78, 5) is 2.67. The van der Waals surface area contributed by atoms with Crippen molar-refractivity contribution in [2.75, 3.05) is 26.2 Å². The molecule has 0 spiro atoms. The molecule has 0 bridgehead atoms. The number of hydrogen-bond donors (Lipinski definition) is 1. The van der Waals surface area contributed by atoms with Crippen molar-refractivity contribution in [1.82, 2.24) is 10.2 Å². The van der Waals surface area contributed by atoms with Gasteiger partial charge in [-0.2, -0.15) is 0 Å². The molecule has 0 aromatic carbocycles. The van der Waals surface area contributed by atoms with E-state index in [1.807, 2.05) is 6.08 Å². The minimum absolute atomic E-state index is 0.889. The maximum absolute atomic E-state index is 3.71. The van der Waals surface area contributed by atoms with E-state index in [1.165, 1.54) is 38.9 Å². The zero-order valence-electron chi connectivity index (χ0n) is 8.34. The molecule has 0 aromatic heterocycles. The average Bonchev–Trinajstić information content (AvgIpc) is 2.88. The molecule has 2 rings (SSSR count). The third kappa shape index (κ3) is 2.55. The van der Waals surface area contributed by atoms with Gasteiger partial charge in [-0.05, 0) is 38.3 Å².